The van der Waals surface area contributed by atoms with E-state index >= 15 is 0 Å². The normalized spacial score (nSPS) is 14.6. The quantitative estimate of drug-likeness (QED) is 0.355. The number of hydrogen-bond acceptors (Lipinski definition) is 4. The van der Waals surface area contributed by atoms with Crippen LogP contribution in [0.15, 0.2) is 66.6 Å². The fourth-order valence-corrected chi connectivity index (χ4v) is 5.27. The number of amides is 3. The van der Waals surface area contributed by atoms with Gasteiger partial charge in [0, 0.05) is 28.7 Å². The molecular formula is C28H30ClN3O3S. The van der Waals surface area contributed by atoms with Crippen LogP contribution in [0.2, 0.25) is 5.02 Å². The Kier molecular flexibility index (Phi) is 8.33. The molecule has 188 valence electrons. The summed E-state index contributed by atoms with van der Waals surface area (Å²) in [5, 5.41) is 5.61. The number of rotatable bonds is 8. The lowest BCUT2D eigenvalue weighted by molar-refractivity contribution is -0.135. The van der Waals surface area contributed by atoms with Crippen molar-refractivity contribution in [2.45, 2.75) is 26.3 Å². The van der Waals surface area contributed by atoms with Crippen molar-refractivity contribution in [2.24, 2.45) is 0 Å². The van der Waals surface area contributed by atoms with Crippen molar-refractivity contribution in [1.82, 2.24) is 9.80 Å². The lowest BCUT2D eigenvalue weighted by Crippen LogP contribution is -2.48. The van der Waals surface area contributed by atoms with E-state index < -0.39 is 0 Å². The molecule has 0 saturated carbocycles. The summed E-state index contributed by atoms with van der Waals surface area (Å²) in [4.78, 5) is 31.1. The number of ether oxygens (including phenoxy) is 1. The van der Waals surface area contributed by atoms with Crippen molar-refractivity contribution in [3.05, 3.63) is 93.2 Å². The lowest BCUT2D eigenvalue weighted by atomic mass is 10.0. The molecule has 6 nitrogen and oxygen atoms in total. The molecule has 1 atom stereocenters. The molecule has 8 heteroatoms. The summed E-state index contributed by atoms with van der Waals surface area (Å²) in [5.74, 6) is 0.575. The number of anilines is 1. The zero-order chi connectivity index (χ0) is 25.7. The van der Waals surface area contributed by atoms with Crippen LogP contribution in [0.1, 0.15) is 27.6 Å². The maximum atomic E-state index is 13.5. The second-order valence-electron chi connectivity index (χ2n) is 8.84. The standard InChI is InChI=1S/C28H30ClN3O3S/c1-4-13-31(28(34)30-21-7-5-19(2)6-8-21)17-27(33)32-14-11-26-23(12-15-36-26)25(32)18-35-22-9-10-24(29)20(3)16-22/h4-10,12,15-16,25H,1,11,13-14,17-18H2,2-3H3,(H,30,34). The summed E-state index contributed by atoms with van der Waals surface area (Å²) in [5.41, 5.74) is 3.81. The van der Waals surface area contributed by atoms with E-state index in [4.69, 9.17) is 16.3 Å². The number of carbonyl (C=O) groups is 2. The van der Waals surface area contributed by atoms with Gasteiger partial charge in [0.05, 0.1) is 6.04 Å². The van der Waals surface area contributed by atoms with E-state index in [2.05, 4.69) is 23.3 Å². The summed E-state index contributed by atoms with van der Waals surface area (Å²) in [6.07, 6.45) is 2.41. The number of aryl methyl sites for hydroxylation is 2. The Balaban J connectivity index is 1.48. The van der Waals surface area contributed by atoms with E-state index in [1.54, 1.807) is 17.4 Å². The van der Waals surface area contributed by atoms with Crippen molar-refractivity contribution in [3.63, 3.8) is 0 Å². The van der Waals surface area contributed by atoms with Crippen LogP contribution < -0.4 is 10.1 Å². The highest BCUT2D eigenvalue weighted by Gasteiger charge is 2.33. The first-order valence-electron chi connectivity index (χ1n) is 11.8. The SMILES string of the molecule is C=CCN(CC(=O)N1CCc2sccc2C1COc1ccc(Cl)c(C)c1)C(=O)Nc1ccc(C)cc1. The first kappa shape index (κ1) is 25.8. The summed E-state index contributed by atoms with van der Waals surface area (Å²) in [6.45, 7) is 8.76. The Morgan fingerprint density at radius 1 is 1.22 bits per heavy atom. The van der Waals surface area contributed by atoms with Gasteiger partial charge in [-0.3, -0.25) is 4.79 Å². The maximum absolute atomic E-state index is 13.5. The number of halogens is 1. The second kappa shape index (κ2) is 11.6. The van der Waals surface area contributed by atoms with Crippen LogP contribution in [0.4, 0.5) is 10.5 Å². The smallest absolute Gasteiger partial charge is 0.322 e. The van der Waals surface area contributed by atoms with Crippen LogP contribution >= 0.6 is 22.9 Å². The summed E-state index contributed by atoms with van der Waals surface area (Å²) in [7, 11) is 0. The Labute approximate surface area is 221 Å². The zero-order valence-electron chi connectivity index (χ0n) is 20.5. The molecule has 36 heavy (non-hydrogen) atoms. The van der Waals surface area contributed by atoms with Gasteiger partial charge in [-0.05, 0) is 73.2 Å². The molecular weight excluding hydrogens is 494 g/mol. The monoisotopic (exact) mass is 523 g/mol. The van der Waals surface area contributed by atoms with Crippen LogP contribution in [0.25, 0.3) is 0 Å². The van der Waals surface area contributed by atoms with Gasteiger partial charge in [0.2, 0.25) is 5.91 Å². The Bertz CT molecular complexity index is 1240. The number of carbonyl (C=O) groups excluding carboxylic acids is 2. The molecule has 0 bridgehead atoms. The molecule has 0 fully saturated rings. The van der Waals surface area contributed by atoms with Crippen LogP contribution in [-0.4, -0.2) is 48.0 Å². The maximum Gasteiger partial charge on any atom is 0.322 e. The highest BCUT2D eigenvalue weighted by Crippen LogP contribution is 2.34. The third-order valence-electron chi connectivity index (χ3n) is 6.22. The molecule has 3 amide bonds. The molecule has 1 unspecified atom stereocenters. The van der Waals surface area contributed by atoms with Crippen molar-refractivity contribution in [2.75, 3.05) is 31.6 Å². The molecule has 1 aromatic heterocycles. The van der Waals surface area contributed by atoms with E-state index in [1.807, 2.05) is 61.2 Å². The van der Waals surface area contributed by atoms with Gasteiger partial charge in [0.15, 0.2) is 0 Å². The highest BCUT2D eigenvalue weighted by atomic mass is 35.5. The zero-order valence-corrected chi connectivity index (χ0v) is 22.1. The van der Waals surface area contributed by atoms with Gasteiger partial charge in [-0.15, -0.1) is 17.9 Å². The van der Waals surface area contributed by atoms with Gasteiger partial charge in [-0.25, -0.2) is 4.79 Å². The number of nitrogens with zero attached hydrogens (tertiary/aromatic N) is 2. The topological polar surface area (TPSA) is 61.9 Å². The van der Waals surface area contributed by atoms with E-state index in [0.29, 0.717) is 29.6 Å². The average Bonchev–Trinajstić information content (AvgIpc) is 3.35. The second-order valence-corrected chi connectivity index (χ2v) is 10.2. The predicted molar refractivity (Wildman–Crippen MR) is 146 cm³/mol. The Morgan fingerprint density at radius 2 is 2.00 bits per heavy atom. The van der Waals surface area contributed by atoms with Crippen LogP contribution in [-0.2, 0) is 11.2 Å². The van der Waals surface area contributed by atoms with E-state index in [9.17, 15) is 9.59 Å². The van der Waals surface area contributed by atoms with Crippen LogP contribution in [0, 0.1) is 13.8 Å². The Hall–Kier alpha value is -3.29. The molecule has 1 aliphatic rings. The third-order valence-corrected chi connectivity index (χ3v) is 7.64. The largest absolute Gasteiger partial charge is 0.491 e. The van der Waals surface area contributed by atoms with Crippen LogP contribution in [0.3, 0.4) is 0 Å². The van der Waals surface area contributed by atoms with Gasteiger partial charge >= 0.3 is 6.03 Å². The predicted octanol–water partition coefficient (Wildman–Crippen LogP) is 6.24. The summed E-state index contributed by atoms with van der Waals surface area (Å²) < 4.78 is 6.12. The van der Waals surface area contributed by atoms with Crippen molar-refractivity contribution >= 4 is 40.6 Å². The van der Waals surface area contributed by atoms with Crippen molar-refractivity contribution in [1.29, 1.82) is 0 Å². The molecule has 1 aliphatic heterocycles. The van der Waals surface area contributed by atoms with Gasteiger partial charge in [0.25, 0.3) is 0 Å². The molecule has 0 radical (unpaired) electrons. The first-order chi connectivity index (χ1) is 17.4. The number of nitrogens with one attached hydrogen (secondary N) is 1. The number of urea groups is 1. The number of thiophene rings is 1. The van der Waals surface area contributed by atoms with E-state index in [-0.39, 0.29) is 31.1 Å². The van der Waals surface area contributed by atoms with E-state index in [0.717, 1.165) is 23.1 Å². The van der Waals surface area contributed by atoms with Crippen LogP contribution in [0.5, 0.6) is 5.75 Å². The fourth-order valence-electron chi connectivity index (χ4n) is 4.23. The van der Waals surface area contributed by atoms with E-state index in [1.165, 1.54) is 9.78 Å². The van der Waals surface area contributed by atoms with Gasteiger partial charge < -0.3 is 19.9 Å². The third kappa shape index (κ3) is 6.09. The molecule has 3 aromatic rings. The highest BCUT2D eigenvalue weighted by molar-refractivity contribution is 7.10. The fraction of sp³-hybridized carbons (Fsp3) is 0.286. The molecule has 1 N–H and O–H groups in total. The van der Waals surface area contributed by atoms with Crippen molar-refractivity contribution in [3.8, 4) is 5.75 Å². The Morgan fingerprint density at radius 3 is 2.72 bits per heavy atom. The molecule has 0 spiro atoms. The number of hydrogen-bond donors (Lipinski definition) is 1. The number of fused-ring (bicyclic) bond motifs is 1. The molecule has 0 saturated heterocycles. The minimum absolute atomic E-state index is 0.0558. The minimum Gasteiger partial charge on any atom is -0.491 e. The minimum atomic E-state index is -0.343. The first-order valence-corrected chi connectivity index (χ1v) is 13.1. The molecule has 2 aromatic carbocycles. The van der Waals surface area contributed by atoms with Crippen molar-refractivity contribution < 1.29 is 14.3 Å². The molecule has 4 rings (SSSR count). The lowest BCUT2D eigenvalue weighted by Gasteiger charge is -2.37. The summed E-state index contributed by atoms with van der Waals surface area (Å²) >= 11 is 7.85. The molecule has 2 heterocycles. The van der Waals surface area contributed by atoms with Gasteiger partial charge in [-0.1, -0.05) is 35.4 Å². The summed E-state index contributed by atoms with van der Waals surface area (Å²) in [6, 6.07) is 14.6. The van der Waals surface area contributed by atoms with Gasteiger partial charge in [-0.2, -0.15) is 0 Å². The van der Waals surface area contributed by atoms with Gasteiger partial charge in [0.1, 0.15) is 18.9 Å². The number of benzene rings is 2. The average molecular weight is 524 g/mol. The molecule has 0 aliphatic carbocycles.